The molecule has 6 heteroatoms. The molecule has 1 aromatic heterocycles. The number of nitrogens with zero attached hydrogens (tertiary/aromatic N) is 3. The predicted molar refractivity (Wildman–Crippen MR) is 115 cm³/mol. The Bertz CT molecular complexity index is 1000. The molecule has 3 fully saturated rings. The second kappa shape index (κ2) is 7.02. The highest BCUT2D eigenvalue weighted by Gasteiger charge is 2.59. The van der Waals surface area contributed by atoms with Crippen molar-refractivity contribution in [2.75, 3.05) is 20.2 Å². The molecule has 0 unspecified atom stereocenters. The Morgan fingerprint density at radius 3 is 2.55 bits per heavy atom. The van der Waals surface area contributed by atoms with Gasteiger partial charge in [0.25, 0.3) is 0 Å². The minimum Gasteiger partial charge on any atom is -0.497 e. The number of methoxy groups -OCH3 is 1. The number of carbonyl (C=O) groups excluding carboxylic acids is 1. The number of amides is 1. The lowest BCUT2D eigenvalue weighted by Gasteiger charge is -2.48. The molecule has 1 spiro atoms. The number of benzene rings is 1. The topological polar surface area (TPSA) is 64.5 Å². The fourth-order valence-electron chi connectivity index (χ4n) is 5.70. The molecule has 2 aliphatic heterocycles. The molecule has 0 N–H and O–H groups in total. The summed E-state index contributed by atoms with van der Waals surface area (Å²) >= 11 is 0. The summed E-state index contributed by atoms with van der Waals surface area (Å²) < 4.78 is 11.5. The number of aromatic nitrogens is 2. The Morgan fingerprint density at radius 1 is 1.13 bits per heavy atom. The first-order chi connectivity index (χ1) is 15.1. The third kappa shape index (κ3) is 2.99. The van der Waals surface area contributed by atoms with Gasteiger partial charge in [0.2, 0.25) is 5.91 Å². The summed E-state index contributed by atoms with van der Waals surface area (Å²) in [5.74, 6) is 2.52. The molecule has 31 heavy (non-hydrogen) atoms. The van der Waals surface area contributed by atoms with Crippen LogP contribution in [0.15, 0.2) is 30.5 Å². The number of ether oxygens (including phenoxy) is 2. The van der Waals surface area contributed by atoms with Gasteiger partial charge in [0, 0.05) is 17.7 Å². The Labute approximate surface area is 183 Å². The van der Waals surface area contributed by atoms with Crippen LogP contribution in [0, 0.1) is 0 Å². The third-order valence-corrected chi connectivity index (χ3v) is 7.81. The van der Waals surface area contributed by atoms with Crippen LogP contribution < -0.4 is 4.74 Å². The van der Waals surface area contributed by atoms with Crippen LogP contribution in [-0.2, 0) is 27.2 Å². The van der Waals surface area contributed by atoms with Crippen molar-refractivity contribution in [3.8, 4) is 5.75 Å². The van der Waals surface area contributed by atoms with Crippen LogP contribution in [-0.4, -0.2) is 41.0 Å². The SMILES string of the molecule is COc1ccc(C2(C(=O)N3CC4(C3)OCc3nc(C5CCCCC5)ncc34)CC2)cc1. The van der Waals surface area contributed by atoms with Gasteiger partial charge in [-0.2, -0.15) is 0 Å². The van der Waals surface area contributed by atoms with Crippen LogP contribution in [0.3, 0.4) is 0 Å². The van der Waals surface area contributed by atoms with Gasteiger partial charge >= 0.3 is 0 Å². The van der Waals surface area contributed by atoms with E-state index in [0.717, 1.165) is 41.2 Å². The number of fused-ring (bicyclic) bond motifs is 2. The van der Waals surface area contributed by atoms with Crippen LogP contribution in [0.1, 0.15) is 73.5 Å². The van der Waals surface area contributed by atoms with Crippen LogP contribution in [0.4, 0.5) is 0 Å². The van der Waals surface area contributed by atoms with E-state index in [1.165, 1.54) is 32.1 Å². The predicted octanol–water partition coefficient (Wildman–Crippen LogP) is 3.83. The van der Waals surface area contributed by atoms with Crippen molar-refractivity contribution in [1.82, 2.24) is 14.9 Å². The minimum atomic E-state index is -0.411. The van der Waals surface area contributed by atoms with Crippen molar-refractivity contribution in [3.05, 3.63) is 53.1 Å². The van der Waals surface area contributed by atoms with E-state index in [-0.39, 0.29) is 11.3 Å². The Morgan fingerprint density at radius 2 is 1.87 bits per heavy atom. The van der Waals surface area contributed by atoms with E-state index in [1.807, 2.05) is 35.4 Å². The third-order valence-electron chi connectivity index (χ3n) is 7.81. The van der Waals surface area contributed by atoms with Gasteiger partial charge in [-0.1, -0.05) is 31.4 Å². The zero-order valence-electron chi connectivity index (χ0n) is 18.1. The van der Waals surface area contributed by atoms with Crippen molar-refractivity contribution >= 4 is 5.91 Å². The van der Waals surface area contributed by atoms with E-state index in [9.17, 15) is 4.79 Å². The molecular weight excluding hydrogens is 390 g/mol. The van der Waals surface area contributed by atoms with E-state index in [4.69, 9.17) is 19.4 Å². The summed E-state index contributed by atoms with van der Waals surface area (Å²) in [5.41, 5.74) is 2.43. The molecule has 1 amide bonds. The van der Waals surface area contributed by atoms with Gasteiger partial charge in [0.1, 0.15) is 17.2 Å². The molecule has 162 valence electrons. The van der Waals surface area contributed by atoms with Crippen molar-refractivity contribution in [2.24, 2.45) is 0 Å². The van der Waals surface area contributed by atoms with Crippen molar-refractivity contribution < 1.29 is 14.3 Å². The molecule has 3 heterocycles. The normalized spacial score (nSPS) is 23.3. The number of hydrogen-bond acceptors (Lipinski definition) is 5. The molecule has 0 atom stereocenters. The standard InChI is InChI=1S/C25H29N3O3/c1-30-19-9-7-18(8-10-19)24(11-12-24)23(29)28-15-25(16-28)20-13-26-22(27-21(20)14-31-25)17-5-3-2-4-6-17/h7-10,13,17H,2-6,11-12,14-16H2,1H3. The quantitative estimate of drug-likeness (QED) is 0.754. The van der Waals surface area contributed by atoms with Gasteiger partial charge < -0.3 is 14.4 Å². The van der Waals surface area contributed by atoms with Crippen molar-refractivity contribution in [3.63, 3.8) is 0 Å². The average Bonchev–Trinajstić information content (AvgIpc) is 3.53. The Kier molecular flexibility index (Phi) is 4.36. The van der Waals surface area contributed by atoms with Gasteiger partial charge in [0.05, 0.1) is 37.9 Å². The first kappa shape index (κ1) is 19.2. The molecule has 6 nitrogen and oxygen atoms in total. The van der Waals surface area contributed by atoms with E-state index in [2.05, 4.69) is 0 Å². The van der Waals surface area contributed by atoms with Crippen LogP contribution in [0.2, 0.25) is 0 Å². The summed E-state index contributed by atoms with van der Waals surface area (Å²) in [4.78, 5) is 25.0. The van der Waals surface area contributed by atoms with Crippen LogP contribution in [0.5, 0.6) is 5.75 Å². The maximum atomic E-state index is 13.4. The Hall–Kier alpha value is -2.47. The summed E-state index contributed by atoms with van der Waals surface area (Å²) in [6.45, 7) is 1.73. The summed E-state index contributed by atoms with van der Waals surface area (Å²) in [6, 6.07) is 7.94. The summed E-state index contributed by atoms with van der Waals surface area (Å²) in [6.07, 6.45) is 10.1. The first-order valence-corrected chi connectivity index (χ1v) is 11.6. The van der Waals surface area contributed by atoms with Crippen LogP contribution >= 0.6 is 0 Å². The molecule has 2 aliphatic carbocycles. The lowest BCUT2D eigenvalue weighted by Crippen LogP contribution is -2.63. The van der Waals surface area contributed by atoms with E-state index in [0.29, 0.717) is 25.6 Å². The van der Waals surface area contributed by atoms with Gasteiger partial charge in [-0.3, -0.25) is 4.79 Å². The molecule has 0 radical (unpaired) electrons. The molecule has 6 rings (SSSR count). The van der Waals surface area contributed by atoms with Gasteiger partial charge in [-0.05, 0) is 43.4 Å². The highest BCUT2D eigenvalue weighted by Crippen LogP contribution is 2.53. The summed E-state index contributed by atoms with van der Waals surface area (Å²) in [5, 5.41) is 0. The van der Waals surface area contributed by atoms with Gasteiger partial charge in [-0.25, -0.2) is 9.97 Å². The zero-order valence-corrected chi connectivity index (χ0v) is 18.1. The van der Waals surface area contributed by atoms with E-state index >= 15 is 0 Å². The fraction of sp³-hybridized carbons (Fsp3) is 0.560. The number of hydrogen-bond donors (Lipinski definition) is 0. The number of rotatable bonds is 4. The largest absolute Gasteiger partial charge is 0.497 e. The lowest BCUT2D eigenvalue weighted by molar-refractivity contribution is -0.171. The van der Waals surface area contributed by atoms with Gasteiger partial charge in [0.15, 0.2) is 0 Å². The molecule has 1 saturated heterocycles. The first-order valence-electron chi connectivity index (χ1n) is 11.6. The van der Waals surface area contributed by atoms with E-state index in [1.54, 1.807) is 7.11 Å². The minimum absolute atomic E-state index is 0.222. The van der Waals surface area contributed by atoms with E-state index < -0.39 is 5.60 Å². The zero-order chi connectivity index (χ0) is 21.1. The van der Waals surface area contributed by atoms with Crippen molar-refractivity contribution in [1.29, 1.82) is 0 Å². The van der Waals surface area contributed by atoms with Gasteiger partial charge in [-0.15, -0.1) is 0 Å². The summed E-state index contributed by atoms with van der Waals surface area (Å²) in [7, 11) is 1.66. The highest BCUT2D eigenvalue weighted by atomic mass is 16.5. The maximum Gasteiger partial charge on any atom is 0.233 e. The maximum absolute atomic E-state index is 13.4. The molecule has 4 aliphatic rings. The van der Waals surface area contributed by atoms with Crippen molar-refractivity contribution in [2.45, 2.75) is 68.5 Å². The molecule has 2 saturated carbocycles. The average molecular weight is 420 g/mol. The highest BCUT2D eigenvalue weighted by molar-refractivity contribution is 5.92. The molecule has 2 aromatic rings. The second-order valence-electron chi connectivity index (χ2n) is 9.68. The monoisotopic (exact) mass is 419 g/mol. The molecule has 1 aromatic carbocycles. The number of carbonyl (C=O) groups is 1. The molecule has 0 bridgehead atoms. The molecular formula is C25H29N3O3. The smallest absolute Gasteiger partial charge is 0.233 e. The Balaban J connectivity index is 1.17. The lowest BCUT2D eigenvalue weighted by atomic mass is 9.84. The van der Waals surface area contributed by atoms with Crippen LogP contribution in [0.25, 0.3) is 0 Å². The fourth-order valence-corrected chi connectivity index (χ4v) is 5.70. The second-order valence-corrected chi connectivity index (χ2v) is 9.68. The number of likely N-dealkylation sites (tertiary alicyclic amines) is 1.